The Hall–Kier alpha value is -0.560. The maximum Gasteiger partial charge on any atom is -0.00519 e. The van der Waals surface area contributed by atoms with Gasteiger partial charge in [0.15, 0.2) is 0 Å². The third-order valence-electron chi connectivity index (χ3n) is 1.74. The summed E-state index contributed by atoms with van der Waals surface area (Å²) in [5, 5.41) is 3.15. The molecule has 0 saturated heterocycles. The quantitative estimate of drug-likeness (QED) is 0.454. The minimum atomic E-state index is 1.15. The molecular formula is C11H21N. The van der Waals surface area contributed by atoms with E-state index in [0.717, 1.165) is 6.54 Å². The molecule has 0 amide bonds. The van der Waals surface area contributed by atoms with Crippen molar-refractivity contribution in [3.8, 4) is 0 Å². The van der Waals surface area contributed by atoms with Gasteiger partial charge in [-0.3, -0.25) is 0 Å². The van der Waals surface area contributed by atoms with Crippen LogP contribution in [0.25, 0.3) is 0 Å². The lowest BCUT2D eigenvalue weighted by Gasteiger charge is -1.96. The summed E-state index contributed by atoms with van der Waals surface area (Å²) in [4.78, 5) is 0. The highest BCUT2D eigenvalue weighted by molar-refractivity contribution is 5.00. The van der Waals surface area contributed by atoms with E-state index in [1.54, 1.807) is 0 Å². The van der Waals surface area contributed by atoms with Crippen molar-refractivity contribution in [1.29, 1.82) is 0 Å². The highest BCUT2D eigenvalue weighted by Crippen LogP contribution is 1.99. The van der Waals surface area contributed by atoms with Crippen molar-refractivity contribution in [2.75, 3.05) is 13.6 Å². The summed E-state index contributed by atoms with van der Waals surface area (Å²) in [6.45, 7) is 3.19. The second-order valence-electron chi connectivity index (χ2n) is 2.91. The van der Waals surface area contributed by atoms with E-state index in [4.69, 9.17) is 0 Å². The Balaban J connectivity index is 3.00. The van der Waals surface area contributed by atoms with Crippen molar-refractivity contribution in [1.82, 2.24) is 5.32 Å². The maximum absolute atomic E-state index is 3.15. The lowest BCUT2D eigenvalue weighted by Crippen LogP contribution is -2.06. The number of hydrogen-bond acceptors (Lipinski definition) is 1. The lowest BCUT2D eigenvalue weighted by atomic mass is 10.2. The van der Waals surface area contributed by atoms with Crippen LogP contribution < -0.4 is 5.32 Å². The molecule has 0 aliphatic heterocycles. The summed E-state index contributed by atoms with van der Waals surface area (Å²) in [5.41, 5.74) is 0. The Morgan fingerprint density at radius 3 is 2.58 bits per heavy atom. The van der Waals surface area contributed by atoms with Crippen molar-refractivity contribution in [3.05, 3.63) is 24.3 Å². The molecule has 1 N–H and O–H groups in total. The molecule has 0 radical (unpaired) electrons. The second-order valence-corrected chi connectivity index (χ2v) is 2.91. The van der Waals surface area contributed by atoms with Crippen LogP contribution in [-0.2, 0) is 0 Å². The van der Waals surface area contributed by atoms with Crippen LogP contribution in [0.15, 0.2) is 24.3 Å². The number of hydrogen-bond donors (Lipinski definition) is 1. The van der Waals surface area contributed by atoms with Gasteiger partial charge < -0.3 is 5.32 Å². The summed E-state index contributed by atoms with van der Waals surface area (Å²) in [5.74, 6) is 0. The van der Waals surface area contributed by atoms with E-state index in [9.17, 15) is 0 Å². The third kappa shape index (κ3) is 9.44. The highest BCUT2D eigenvalue weighted by atomic mass is 14.8. The number of rotatable bonds is 7. The van der Waals surface area contributed by atoms with Gasteiger partial charge in [0.25, 0.3) is 0 Å². The molecule has 12 heavy (non-hydrogen) atoms. The van der Waals surface area contributed by atoms with Gasteiger partial charge in [-0.2, -0.15) is 0 Å². The van der Waals surface area contributed by atoms with Crippen molar-refractivity contribution < 1.29 is 0 Å². The van der Waals surface area contributed by atoms with Gasteiger partial charge in [0.1, 0.15) is 0 Å². The van der Waals surface area contributed by atoms with Crippen LogP contribution >= 0.6 is 0 Å². The fourth-order valence-electron chi connectivity index (χ4n) is 1.03. The van der Waals surface area contributed by atoms with Crippen molar-refractivity contribution in [2.24, 2.45) is 0 Å². The lowest BCUT2D eigenvalue weighted by molar-refractivity contribution is 0.648. The normalized spacial score (nSPS) is 11.8. The van der Waals surface area contributed by atoms with Crippen LogP contribution in [0.4, 0.5) is 0 Å². The summed E-state index contributed by atoms with van der Waals surface area (Å²) < 4.78 is 0. The monoisotopic (exact) mass is 167 g/mol. The molecule has 0 saturated carbocycles. The predicted octanol–water partition coefficient (Wildman–Crippen LogP) is 2.90. The molecule has 1 heteroatoms. The van der Waals surface area contributed by atoms with Gasteiger partial charge in [-0.15, -0.1) is 0 Å². The van der Waals surface area contributed by atoms with Crippen LogP contribution in [0.2, 0.25) is 0 Å². The number of nitrogens with one attached hydrogen (secondary N) is 1. The first kappa shape index (κ1) is 11.4. The Bertz CT molecular complexity index is 125. The molecule has 0 spiro atoms. The van der Waals surface area contributed by atoms with Gasteiger partial charge in [-0.25, -0.2) is 0 Å². The van der Waals surface area contributed by atoms with E-state index in [2.05, 4.69) is 29.6 Å². The largest absolute Gasteiger partial charge is 0.320 e. The molecule has 0 fully saturated rings. The minimum Gasteiger partial charge on any atom is -0.320 e. The Morgan fingerprint density at radius 2 is 1.92 bits per heavy atom. The molecule has 0 bridgehead atoms. The van der Waals surface area contributed by atoms with Crippen molar-refractivity contribution in [2.45, 2.75) is 32.6 Å². The molecule has 1 nitrogen and oxygen atoms in total. The molecule has 0 aromatic rings. The first-order valence-corrected chi connectivity index (χ1v) is 4.84. The number of allylic oxidation sites excluding steroid dienone is 4. The zero-order valence-corrected chi connectivity index (χ0v) is 8.34. The number of unbranched alkanes of at least 4 members (excludes halogenated alkanes) is 3. The van der Waals surface area contributed by atoms with Crippen LogP contribution in [0.1, 0.15) is 32.6 Å². The van der Waals surface area contributed by atoms with Gasteiger partial charge in [0.2, 0.25) is 0 Å². The minimum absolute atomic E-state index is 1.15. The third-order valence-corrected chi connectivity index (χ3v) is 1.74. The summed E-state index contributed by atoms with van der Waals surface area (Å²) in [6, 6.07) is 0. The molecule has 0 unspecified atom stereocenters. The molecular weight excluding hydrogens is 146 g/mol. The predicted molar refractivity (Wildman–Crippen MR) is 56.3 cm³/mol. The summed E-state index contributed by atoms with van der Waals surface area (Å²) in [7, 11) is 2.01. The molecule has 0 aliphatic rings. The molecule has 0 aromatic heterocycles. The summed E-state index contributed by atoms with van der Waals surface area (Å²) >= 11 is 0. The fourth-order valence-corrected chi connectivity index (χ4v) is 1.03. The van der Waals surface area contributed by atoms with Crippen molar-refractivity contribution >= 4 is 0 Å². The average Bonchev–Trinajstić information content (AvgIpc) is 2.10. The Morgan fingerprint density at radius 1 is 1.08 bits per heavy atom. The topological polar surface area (TPSA) is 12.0 Å². The fraction of sp³-hybridized carbons (Fsp3) is 0.636. The average molecular weight is 167 g/mol. The summed E-state index contributed by atoms with van der Waals surface area (Å²) in [6.07, 6.45) is 13.7. The van der Waals surface area contributed by atoms with E-state index in [1.165, 1.54) is 25.7 Å². The second kappa shape index (κ2) is 10.4. The smallest absolute Gasteiger partial charge is 0.00519 e. The van der Waals surface area contributed by atoms with Crippen LogP contribution in [0, 0.1) is 0 Å². The van der Waals surface area contributed by atoms with E-state index in [0.29, 0.717) is 0 Å². The van der Waals surface area contributed by atoms with E-state index < -0.39 is 0 Å². The van der Waals surface area contributed by atoms with Gasteiger partial charge in [-0.1, -0.05) is 30.7 Å². The molecule has 0 rings (SSSR count). The molecule has 0 atom stereocenters. The standard InChI is InChI=1S/C11H21N/c1-3-4-5-6-7-8-9-10-11-12-2/h3-6,12H,7-11H2,1-2H3/b4-3+,6-5+. The Kier molecular flexibility index (Phi) is 9.95. The van der Waals surface area contributed by atoms with E-state index >= 15 is 0 Å². The van der Waals surface area contributed by atoms with Gasteiger partial charge in [0.05, 0.1) is 0 Å². The molecule has 0 aliphatic carbocycles. The van der Waals surface area contributed by atoms with Crippen LogP contribution in [0.5, 0.6) is 0 Å². The van der Waals surface area contributed by atoms with E-state index in [1.807, 2.05) is 14.0 Å². The van der Waals surface area contributed by atoms with Crippen LogP contribution in [0.3, 0.4) is 0 Å². The first-order valence-electron chi connectivity index (χ1n) is 4.84. The van der Waals surface area contributed by atoms with Crippen LogP contribution in [-0.4, -0.2) is 13.6 Å². The molecule has 0 heterocycles. The zero-order valence-electron chi connectivity index (χ0n) is 8.34. The van der Waals surface area contributed by atoms with Gasteiger partial charge in [0, 0.05) is 0 Å². The van der Waals surface area contributed by atoms with Crippen molar-refractivity contribution in [3.63, 3.8) is 0 Å². The highest BCUT2D eigenvalue weighted by Gasteiger charge is 1.84. The SMILES string of the molecule is C/C=C/C=C/CCCCCNC. The van der Waals surface area contributed by atoms with E-state index in [-0.39, 0.29) is 0 Å². The molecule has 70 valence electrons. The van der Waals surface area contributed by atoms with Gasteiger partial charge >= 0.3 is 0 Å². The first-order chi connectivity index (χ1) is 5.91. The maximum atomic E-state index is 3.15. The van der Waals surface area contributed by atoms with Gasteiger partial charge in [-0.05, 0) is 39.8 Å². The Labute approximate surface area is 76.6 Å². The zero-order chi connectivity index (χ0) is 9.07. The molecule has 0 aromatic carbocycles.